The maximum absolute atomic E-state index is 12.9. The minimum atomic E-state index is -0.941. The monoisotopic (exact) mass is 329 g/mol. The standard InChI is InChI=1S/C19H23NO4/c1-10-8-12(21)17-18-6-7-20(2)14(19(10,18)22)9-11-4-5-13(23-3)16(24-17)15(11)18/h4-5,10,14,17,22H,6-9H2,1-3H3/t10?,14-,17?,18+,19-/m1/s1. The highest BCUT2D eigenvalue weighted by molar-refractivity contribution is 5.90. The molecule has 1 aromatic rings. The molecule has 2 bridgehead atoms. The molecule has 24 heavy (non-hydrogen) atoms. The average molecular weight is 329 g/mol. The second-order valence-corrected chi connectivity index (χ2v) is 7.95. The number of Topliss-reactive ketones (excluding diaryl/α,β-unsaturated/α-hetero) is 1. The third-order valence-corrected chi connectivity index (χ3v) is 7.14. The summed E-state index contributed by atoms with van der Waals surface area (Å²) in [5.74, 6) is 1.38. The lowest BCUT2D eigenvalue weighted by Gasteiger charge is -2.64. The highest BCUT2D eigenvalue weighted by Gasteiger charge is 2.74. The van der Waals surface area contributed by atoms with E-state index in [4.69, 9.17) is 9.47 Å². The summed E-state index contributed by atoms with van der Waals surface area (Å²) < 4.78 is 11.7. The van der Waals surface area contributed by atoms with Crippen LogP contribution in [0.4, 0.5) is 0 Å². The Kier molecular flexibility index (Phi) is 2.65. The molecule has 0 radical (unpaired) electrons. The van der Waals surface area contributed by atoms with E-state index in [-0.39, 0.29) is 17.7 Å². The van der Waals surface area contributed by atoms with Crippen molar-refractivity contribution in [3.63, 3.8) is 0 Å². The number of methoxy groups -OCH3 is 1. The molecule has 1 saturated carbocycles. The number of likely N-dealkylation sites (tertiary alicyclic amines) is 1. The van der Waals surface area contributed by atoms with Crippen molar-refractivity contribution in [1.29, 1.82) is 0 Å². The van der Waals surface area contributed by atoms with Crippen molar-refractivity contribution in [2.45, 2.75) is 49.3 Å². The highest BCUT2D eigenvalue weighted by atomic mass is 16.5. The fraction of sp³-hybridized carbons (Fsp3) is 0.632. The number of carbonyl (C=O) groups excluding carboxylic acids is 1. The molecule has 128 valence electrons. The third kappa shape index (κ3) is 1.32. The van der Waals surface area contributed by atoms with E-state index in [1.54, 1.807) is 7.11 Å². The minimum Gasteiger partial charge on any atom is -0.493 e. The van der Waals surface area contributed by atoms with Crippen LogP contribution in [0, 0.1) is 5.92 Å². The van der Waals surface area contributed by atoms with Crippen LogP contribution >= 0.6 is 0 Å². The molecular weight excluding hydrogens is 306 g/mol. The Morgan fingerprint density at radius 1 is 1.38 bits per heavy atom. The first kappa shape index (κ1) is 14.7. The normalized spacial score (nSPS) is 42.5. The molecule has 5 nitrogen and oxygen atoms in total. The lowest BCUT2D eigenvalue weighted by atomic mass is 9.46. The van der Waals surface area contributed by atoms with Gasteiger partial charge in [0.25, 0.3) is 0 Å². The number of ketones is 1. The molecule has 2 fully saturated rings. The van der Waals surface area contributed by atoms with Crippen molar-refractivity contribution >= 4 is 5.78 Å². The molecule has 1 N–H and O–H groups in total. The molecule has 5 rings (SSSR count). The topological polar surface area (TPSA) is 59.0 Å². The smallest absolute Gasteiger partial charge is 0.174 e. The Hall–Kier alpha value is -1.59. The van der Waals surface area contributed by atoms with Crippen molar-refractivity contribution < 1.29 is 19.4 Å². The van der Waals surface area contributed by atoms with E-state index < -0.39 is 17.1 Å². The first-order valence-electron chi connectivity index (χ1n) is 8.77. The summed E-state index contributed by atoms with van der Waals surface area (Å²) >= 11 is 0. The van der Waals surface area contributed by atoms with Gasteiger partial charge in [-0.3, -0.25) is 4.79 Å². The van der Waals surface area contributed by atoms with Crippen molar-refractivity contribution in [2.75, 3.05) is 20.7 Å². The molecule has 2 aliphatic carbocycles. The summed E-state index contributed by atoms with van der Waals surface area (Å²) in [4.78, 5) is 15.1. The fourth-order valence-electron chi connectivity index (χ4n) is 6.09. The predicted molar refractivity (Wildman–Crippen MR) is 87.6 cm³/mol. The first-order valence-corrected chi connectivity index (χ1v) is 8.77. The number of hydrogen-bond acceptors (Lipinski definition) is 5. The van der Waals surface area contributed by atoms with Crippen LogP contribution in [0.1, 0.15) is 30.9 Å². The van der Waals surface area contributed by atoms with E-state index >= 15 is 0 Å². The molecule has 0 amide bonds. The van der Waals surface area contributed by atoms with Gasteiger partial charge in [-0.05, 0) is 44.0 Å². The number of piperidine rings is 1. The second kappa shape index (κ2) is 4.33. The van der Waals surface area contributed by atoms with Crippen LogP contribution in [0.25, 0.3) is 0 Å². The molecule has 5 heteroatoms. The zero-order valence-corrected chi connectivity index (χ0v) is 14.3. The molecule has 2 unspecified atom stereocenters. The van der Waals surface area contributed by atoms with Crippen LogP contribution in [0.5, 0.6) is 11.5 Å². The predicted octanol–water partition coefficient (Wildman–Crippen LogP) is 1.29. The number of benzene rings is 1. The van der Waals surface area contributed by atoms with Crippen LogP contribution in [0.2, 0.25) is 0 Å². The third-order valence-electron chi connectivity index (χ3n) is 7.14. The zero-order chi connectivity index (χ0) is 16.9. The summed E-state index contributed by atoms with van der Waals surface area (Å²) in [6, 6.07) is 4.03. The van der Waals surface area contributed by atoms with Crippen LogP contribution in [0.15, 0.2) is 12.1 Å². The van der Waals surface area contributed by atoms with Crippen molar-refractivity contribution in [2.24, 2.45) is 5.92 Å². The molecular formula is C19H23NO4. The van der Waals surface area contributed by atoms with E-state index in [0.29, 0.717) is 17.9 Å². The molecule has 0 aromatic heterocycles. The largest absolute Gasteiger partial charge is 0.493 e. The summed E-state index contributed by atoms with van der Waals surface area (Å²) in [6.45, 7) is 2.88. The van der Waals surface area contributed by atoms with Gasteiger partial charge in [0.2, 0.25) is 0 Å². The Morgan fingerprint density at radius 3 is 2.92 bits per heavy atom. The molecule has 5 atom stereocenters. The van der Waals surface area contributed by atoms with Gasteiger partial charge >= 0.3 is 0 Å². The van der Waals surface area contributed by atoms with Gasteiger partial charge in [-0.2, -0.15) is 0 Å². The quantitative estimate of drug-likeness (QED) is 0.841. The van der Waals surface area contributed by atoms with Gasteiger partial charge in [-0.25, -0.2) is 0 Å². The number of aliphatic hydroxyl groups is 1. The molecule has 2 aliphatic heterocycles. The summed E-state index contributed by atoms with van der Waals surface area (Å²) in [5.41, 5.74) is 0.662. The highest BCUT2D eigenvalue weighted by Crippen LogP contribution is 2.65. The molecule has 1 aromatic carbocycles. The molecule has 4 aliphatic rings. The SMILES string of the molecule is COc1ccc2c3c1OC1C(=O)CC(C)[C@@]4(O)[C@@H](C2)N(C)CC[C@]314. The van der Waals surface area contributed by atoms with Gasteiger partial charge in [0.15, 0.2) is 23.4 Å². The van der Waals surface area contributed by atoms with Crippen LogP contribution < -0.4 is 9.47 Å². The van der Waals surface area contributed by atoms with E-state index in [2.05, 4.69) is 18.0 Å². The van der Waals surface area contributed by atoms with Crippen molar-refractivity contribution in [3.05, 3.63) is 23.3 Å². The number of likely N-dealkylation sites (N-methyl/N-ethyl adjacent to an activating group) is 1. The summed E-state index contributed by atoms with van der Waals surface area (Å²) in [7, 11) is 3.71. The molecule has 1 saturated heterocycles. The van der Waals surface area contributed by atoms with Crippen molar-refractivity contribution in [3.8, 4) is 11.5 Å². The van der Waals surface area contributed by atoms with Gasteiger partial charge in [-0.15, -0.1) is 0 Å². The number of rotatable bonds is 1. The van der Waals surface area contributed by atoms with E-state index in [1.165, 1.54) is 5.56 Å². The van der Waals surface area contributed by atoms with E-state index in [0.717, 1.165) is 24.9 Å². The lowest BCUT2D eigenvalue weighted by Crippen LogP contribution is -2.78. The fourth-order valence-corrected chi connectivity index (χ4v) is 6.09. The van der Waals surface area contributed by atoms with Crippen LogP contribution in [-0.2, 0) is 16.6 Å². The van der Waals surface area contributed by atoms with Crippen LogP contribution in [0.3, 0.4) is 0 Å². The second-order valence-electron chi connectivity index (χ2n) is 7.95. The van der Waals surface area contributed by atoms with E-state index in [1.807, 2.05) is 13.0 Å². The lowest BCUT2D eigenvalue weighted by molar-refractivity contribution is -0.205. The maximum Gasteiger partial charge on any atom is 0.174 e. The Labute approximate surface area is 141 Å². The Bertz CT molecular complexity index is 762. The number of nitrogens with zero attached hydrogens (tertiary/aromatic N) is 1. The first-order chi connectivity index (χ1) is 11.4. The Morgan fingerprint density at radius 2 is 2.17 bits per heavy atom. The van der Waals surface area contributed by atoms with Gasteiger partial charge in [0.1, 0.15) is 0 Å². The zero-order valence-electron chi connectivity index (χ0n) is 14.3. The summed E-state index contributed by atoms with van der Waals surface area (Å²) in [5, 5.41) is 12.0. The summed E-state index contributed by atoms with van der Waals surface area (Å²) in [6.07, 6.45) is 1.32. The molecule has 1 spiro atoms. The average Bonchev–Trinajstić information content (AvgIpc) is 2.91. The maximum atomic E-state index is 12.9. The van der Waals surface area contributed by atoms with Crippen LogP contribution in [-0.4, -0.2) is 54.2 Å². The number of ether oxygens (including phenoxy) is 2. The number of carbonyl (C=O) groups is 1. The Balaban J connectivity index is 1.87. The van der Waals surface area contributed by atoms with Gasteiger partial charge in [-0.1, -0.05) is 13.0 Å². The van der Waals surface area contributed by atoms with Gasteiger partial charge in [0, 0.05) is 18.0 Å². The molecule has 2 heterocycles. The number of hydrogen-bond donors (Lipinski definition) is 1. The van der Waals surface area contributed by atoms with Crippen molar-refractivity contribution in [1.82, 2.24) is 4.90 Å². The van der Waals surface area contributed by atoms with Gasteiger partial charge in [0.05, 0.1) is 18.1 Å². The minimum absolute atomic E-state index is 0.0206. The van der Waals surface area contributed by atoms with E-state index in [9.17, 15) is 9.90 Å². The van der Waals surface area contributed by atoms with Gasteiger partial charge < -0.3 is 19.5 Å².